The first-order valence-corrected chi connectivity index (χ1v) is 6.16. The molecule has 1 aromatic heterocycles. The maximum absolute atomic E-state index is 13.1. The maximum Gasteiger partial charge on any atom is 0.140 e. The molecule has 0 saturated carbocycles. The zero-order valence-electron chi connectivity index (χ0n) is 10.5. The van der Waals surface area contributed by atoms with Crippen molar-refractivity contribution >= 4 is 0 Å². The molecule has 0 radical (unpaired) electrons. The Morgan fingerprint density at radius 3 is 3.05 bits per heavy atom. The van der Waals surface area contributed by atoms with Gasteiger partial charge in [0.15, 0.2) is 0 Å². The summed E-state index contributed by atoms with van der Waals surface area (Å²) in [6, 6.07) is 8.34. The number of rotatable bonds is 6. The number of halogens is 1. The Labute approximate surface area is 111 Å². The van der Waals surface area contributed by atoms with Gasteiger partial charge in [-0.25, -0.2) is 4.39 Å². The van der Waals surface area contributed by atoms with E-state index in [0.29, 0.717) is 6.54 Å². The number of hydrogen-bond acceptors (Lipinski definition) is 3. The highest BCUT2D eigenvalue weighted by Crippen LogP contribution is 2.09. The minimum Gasteiger partial charge on any atom is -0.313 e. The predicted octanol–water partition coefficient (Wildman–Crippen LogP) is 2.07. The summed E-state index contributed by atoms with van der Waals surface area (Å²) in [5, 5.41) is 16.1. The lowest BCUT2D eigenvalue weighted by molar-refractivity contribution is 0.543. The van der Waals surface area contributed by atoms with Crippen LogP contribution in [0.1, 0.15) is 17.5 Å². The maximum atomic E-state index is 13.1. The van der Waals surface area contributed by atoms with Crippen molar-refractivity contribution in [1.82, 2.24) is 15.1 Å². The molecule has 1 aromatic carbocycles. The zero-order chi connectivity index (χ0) is 13.5. The molecule has 0 spiro atoms. The van der Waals surface area contributed by atoms with Crippen molar-refractivity contribution < 1.29 is 4.39 Å². The van der Waals surface area contributed by atoms with Gasteiger partial charge in [0.2, 0.25) is 0 Å². The van der Waals surface area contributed by atoms with Crippen molar-refractivity contribution in [2.45, 2.75) is 19.5 Å². The highest BCUT2D eigenvalue weighted by atomic mass is 19.1. The lowest BCUT2D eigenvalue weighted by atomic mass is 10.1. The number of benzene rings is 1. The molecule has 4 nitrogen and oxygen atoms in total. The molecule has 98 valence electrons. The second kappa shape index (κ2) is 6.66. The van der Waals surface area contributed by atoms with Crippen LogP contribution < -0.4 is 5.32 Å². The minimum absolute atomic E-state index is 0.0934. The minimum atomic E-state index is -0.468. The first-order chi connectivity index (χ1) is 9.29. The fourth-order valence-electron chi connectivity index (χ4n) is 1.80. The SMILES string of the molecule is N#Cc1cc(CNCCCn2cccn2)ccc1F. The molecule has 0 atom stereocenters. The number of aryl methyl sites for hydroxylation is 1. The number of nitrogens with one attached hydrogen (secondary N) is 1. The second-order valence-electron chi connectivity index (χ2n) is 4.23. The molecular formula is C14H15FN4. The van der Waals surface area contributed by atoms with Crippen LogP contribution in [0.15, 0.2) is 36.7 Å². The fourth-order valence-corrected chi connectivity index (χ4v) is 1.80. The summed E-state index contributed by atoms with van der Waals surface area (Å²) in [7, 11) is 0. The number of nitriles is 1. The van der Waals surface area contributed by atoms with Gasteiger partial charge in [0.05, 0.1) is 5.56 Å². The van der Waals surface area contributed by atoms with Crippen LogP contribution in [0.2, 0.25) is 0 Å². The first kappa shape index (κ1) is 13.2. The topological polar surface area (TPSA) is 53.6 Å². The molecule has 0 aliphatic carbocycles. The van der Waals surface area contributed by atoms with Crippen LogP contribution in [-0.2, 0) is 13.1 Å². The zero-order valence-corrected chi connectivity index (χ0v) is 10.5. The van der Waals surface area contributed by atoms with Gasteiger partial charge in [-0.15, -0.1) is 0 Å². The van der Waals surface area contributed by atoms with Gasteiger partial charge in [-0.2, -0.15) is 10.4 Å². The highest BCUT2D eigenvalue weighted by Gasteiger charge is 2.02. The standard InChI is InChI=1S/C14H15FN4/c15-14-4-3-12(9-13(14)10-16)11-17-5-1-7-19-8-2-6-18-19/h2-4,6,8-9,17H,1,5,7,11H2. The van der Waals surface area contributed by atoms with E-state index in [9.17, 15) is 4.39 Å². The van der Waals surface area contributed by atoms with Crippen LogP contribution in [0.3, 0.4) is 0 Å². The molecule has 1 N–H and O–H groups in total. The highest BCUT2D eigenvalue weighted by molar-refractivity contribution is 5.34. The van der Waals surface area contributed by atoms with Gasteiger partial charge in [-0.3, -0.25) is 4.68 Å². The quantitative estimate of drug-likeness (QED) is 0.807. The van der Waals surface area contributed by atoms with E-state index in [-0.39, 0.29) is 5.56 Å². The largest absolute Gasteiger partial charge is 0.313 e. The third-order valence-electron chi connectivity index (χ3n) is 2.78. The number of aromatic nitrogens is 2. The smallest absolute Gasteiger partial charge is 0.140 e. The molecule has 5 heteroatoms. The summed E-state index contributed by atoms with van der Waals surface area (Å²) in [6.07, 6.45) is 4.66. The van der Waals surface area contributed by atoms with E-state index >= 15 is 0 Å². The van der Waals surface area contributed by atoms with Gasteiger partial charge in [-0.1, -0.05) is 6.07 Å². The Morgan fingerprint density at radius 2 is 2.32 bits per heavy atom. The lowest BCUT2D eigenvalue weighted by Gasteiger charge is -2.06. The Hall–Kier alpha value is -2.19. The summed E-state index contributed by atoms with van der Waals surface area (Å²) < 4.78 is 15.0. The summed E-state index contributed by atoms with van der Waals surface area (Å²) in [5.41, 5.74) is 1.01. The third-order valence-corrected chi connectivity index (χ3v) is 2.78. The second-order valence-corrected chi connectivity index (χ2v) is 4.23. The summed E-state index contributed by atoms with van der Waals surface area (Å²) >= 11 is 0. The molecule has 19 heavy (non-hydrogen) atoms. The van der Waals surface area contributed by atoms with Gasteiger partial charge >= 0.3 is 0 Å². The van der Waals surface area contributed by atoms with E-state index in [2.05, 4.69) is 10.4 Å². The van der Waals surface area contributed by atoms with Crippen molar-refractivity contribution in [3.63, 3.8) is 0 Å². The molecule has 0 saturated heterocycles. The van der Waals surface area contributed by atoms with Crippen LogP contribution in [0, 0.1) is 17.1 Å². The Kier molecular flexibility index (Phi) is 4.65. The molecule has 0 unspecified atom stereocenters. The van der Waals surface area contributed by atoms with Gasteiger partial charge in [0.25, 0.3) is 0 Å². The third kappa shape index (κ3) is 3.90. The molecule has 0 aliphatic rings. The Bertz CT molecular complexity index is 557. The van der Waals surface area contributed by atoms with Crippen molar-refractivity contribution in [2.24, 2.45) is 0 Å². The normalized spacial score (nSPS) is 10.3. The summed E-state index contributed by atoms with van der Waals surface area (Å²) in [5.74, 6) is -0.468. The molecule has 1 heterocycles. The average Bonchev–Trinajstić information content (AvgIpc) is 2.93. The van der Waals surface area contributed by atoms with E-state index < -0.39 is 5.82 Å². The molecule has 0 bridgehead atoms. The van der Waals surface area contributed by atoms with Crippen molar-refractivity contribution in [3.05, 3.63) is 53.6 Å². The lowest BCUT2D eigenvalue weighted by Crippen LogP contribution is -2.16. The van der Waals surface area contributed by atoms with Gasteiger partial charge < -0.3 is 5.32 Å². The van der Waals surface area contributed by atoms with E-state index in [0.717, 1.165) is 25.1 Å². The predicted molar refractivity (Wildman–Crippen MR) is 69.7 cm³/mol. The van der Waals surface area contributed by atoms with Crippen molar-refractivity contribution in [2.75, 3.05) is 6.54 Å². The molecule has 0 amide bonds. The van der Waals surface area contributed by atoms with E-state index in [1.54, 1.807) is 18.3 Å². The van der Waals surface area contributed by atoms with Crippen LogP contribution in [0.25, 0.3) is 0 Å². The van der Waals surface area contributed by atoms with Crippen LogP contribution in [-0.4, -0.2) is 16.3 Å². The van der Waals surface area contributed by atoms with Crippen molar-refractivity contribution in [1.29, 1.82) is 5.26 Å². The van der Waals surface area contributed by atoms with Crippen LogP contribution >= 0.6 is 0 Å². The monoisotopic (exact) mass is 258 g/mol. The summed E-state index contributed by atoms with van der Waals surface area (Å²) in [6.45, 7) is 2.35. The first-order valence-electron chi connectivity index (χ1n) is 6.16. The number of nitrogens with zero attached hydrogens (tertiary/aromatic N) is 3. The average molecular weight is 258 g/mol. The van der Waals surface area contributed by atoms with E-state index in [4.69, 9.17) is 5.26 Å². The van der Waals surface area contributed by atoms with Gasteiger partial charge in [-0.05, 0) is 36.7 Å². The van der Waals surface area contributed by atoms with Crippen LogP contribution in [0.5, 0.6) is 0 Å². The number of hydrogen-bond donors (Lipinski definition) is 1. The van der Waals surface area contributed by atoms with Gasteiger partial charge in [0, 0.05) is 25.5 Å². The molecule has 0 aliphatic heterocycles. The molecular weight excluding hydrogens is 243 g/mol. The molecule has 2 aromatic rings. The molecule has 0 fully saturated rings. The Morgan fingerprint density at radius 1 is 1.42 bits per heavy atom. The fraction of sp³-hybridized carbons (Fsp3) is 0.286. The van der Waals surface area contributed by atoms with Gasteiger partial charge in [0.1, 0.15) is 11.9 Å². The van der Waals surface area contributed by atoms with E-state index in [1.807, 2.05) is 23.0 Å². The van der Waals surface area contributed by atoms with Crippen LogP contribution in [0.4, 0.5) is 4.39 Å². The Balaban J connectivity index is 1.72. The van der Waals surface area contributed by atoms with Crippen molar-refractivity contribution in [3.8, 4) is 6.07 Å². The van der Waals surface area contributed by atoms with E-state index in [1.165, 1.54) is 6.07 Å². The summed E-state index contributed by atoms with van der Waals surface area (Å²) in [4.78, 5) is 0. The molecule has 2 rings (SSSR count).